The van der Waals surface area contributed by atoms with Crippen LogP contribution in [-0.4, -0.2) is 11.6 Å². The number of aromatic nitrogens is 1. The number of aromatic amines is 1. The molecule has 22 heavy (non-hydrogen) atoms. The molecule has 0 spiro atoms. The maximum Gasteiger partial charge on any atom is 0.387 e. The summed E-state index contributed by atoms with van der Waals surface area (Å²) < 4.78 is 28.6. The normalized spacial score (nSPS) is 10.0. The lowest BCUT2D eigenvalue weighted by atomic mass is 9.97. The van der Waals surface area contributed by atoms with E-state index in [2.05, 4.69) is 9.72 Å². The van der Waals surface area contributed by atoms with Crippen LogP contribution in [0.5, 0.6) is 5.75 Å². The monoisotopic (exact) mass is 318 g/mol. The first-order valence-corrected chi connectivity index (χ1v) is 6.30. The van der Waals surface area contributed by atoms with E-state index in [9.17, 15) is 19.3 Å². The van der Waals surface area contributed by atoms with E-state index in [1.165, 1.54) is 24.3 Å². The zero-order valence-electron chi connectivity index (χ0n) is 10.9. The smallest absolute Gasteiger partial charge is 0.387 e. The van der Waals surface area contributed by atoms with E-state index in [0.29, 0.717) is 5.56 Å². The molecule has 0 radical (unpaired) electrons. The van der Waals surface area contributed by atoms with Crippen molar-refractivity contribution in [3.05, 3.63) is 40.0 Å². The van der Waals surface area contributed by atoms with Crippen molar-refractivity contribution in [1.82, 2.24) is 4.98 Å². The Bertz CT molecular complexity index is 847. The predicted molar refractivity (Wildman–Crippen MR) is 77.5 cm³/mol. The highest BCUT2D eigenvalue weighted by Gasteiger charge is 2.16. The van der Waals surface area contributed by atoms with Crippen molar-refractivity contribution in [1.29, 1.82) is 10.5 Å². The lowest BCUT2D eigenvalue weighted by Gasteiger charge is -2.10. The van der Waals surface area contributed by atoms with Gasteiger partial charge in [0.05, 0.1) is 5.56 Å². The summed E-state index contributed by atoms with van der Waals surface area (Å²) in [6.07, 6.45) is 0. The first-order chi connectivity index (χ1) is 10.5. The summed E-state index contributed by atoms with van der Waals surface area (Å²) in [6.45, 7) is -2.93. The number of halogens is 2. The molecular weight excluding hydrogens is 310 g/mol. The summed E-state index contributed by atoms with van der Waals surface area (Å²) in [5.41, 5.74) is 6.57. The number of benzene rings is 1. The standard InChI is InChI=1S/C14H8F2N4OS/c15-14(16)21-8-3-1-7(2-4-8)11-9(5-17)12(19)20-13(22)10(11)6-18/h1-4,14H,(H3,19,20,22). The molecule has 2 aromatic rings. The number of rotatable bonds is 3. The zero-order valence-corrected chi connectivity index (χ0v) is 11.7. The molecule has 5 nitrogen and oxygen atoms in total. The van der Waals surface area contributed by atoms with Gasteiger partial charge in [-0.2, -0.15) is 19.3 Å². The molecule has 2 rings (SSSR count). The average Bonchev–Trinajstić information content (AvgIpc) is 2.47. The van der Waals surface area contributed by atoms with Gasteiger partial charge in [-0.15, -0.1) is 0 Å². The molecule has 0 atom stereocenters. The van der Waals surface area contributed by atoms with Crippen LogP contribution in [0.15, 0.2) is 24.3 Å². The number of nitrogen functional groups attached to an aromatic ring is 1. The van der Waals surface area contributed by atoms with Crippen LogP contribution >= 0.6 is 12.2 Å². The number of nitrogens with two attached hydrogens (primary N) is 1. The fourth-order valence-electron chi connectivity index (χ4n) is 1.94. The van der Waals surface area contributed by atoms with E-state index in [1.54, 1.807) is 0 Å². The van der Waals surface area contributed by atoms with Gasteiger partial charge in [-0.05, 0) is 17.7 Å². The Kier molecular flexibility index (Phi) is 4.35. The zero-order chi connectivity index (χ0) is 16.3. The summed E-state index contributed by atoms with van der Waals surface area (Å²) in [6, 6.07) is 9.33. The molecular formula is C14H8F2N4OS. The van der Waals surface area contributed by atoms with Gasteiger partial charge in [-0.3, -0.25) is 0 Å². The molecule has 0 amide bonds. The fourth-order valence-corrected chi connectivity index (χ4v) is 2.19. The average molecular weight is 318 g/mol. The number of pyridine rings is 1. The van der Waals surface area contributed by atoms with Crippen LogP contribution in [0.3, 0.4) is 0 Å². The third kappa shape index (κ3) is 2.87. The largest absolute Gasteiger partial charge is 0.435 e. The number of H-pyrrole nitrogens is 1. The molecule has 3 N–H and O–H groups in total. The Labute approximate surface area is 129 Å². The van der Waals surface area contributed by atoms with E-state index in [0.717, 1.165) is 0 Å². The number of nitrogens with zero attached hydrogens (tertiary/aromatic N) is 2. The summed E-state index contributed by atoms with van der Waals surface area (Å²) >= 11 is 5.03. The maximum absolute atomic E-state index is 12.1. The maximum atomic E-state index is 12.1. The van der Waals surface area contributed by atoms with Gasteiger partial charge in [0.15, 0.2) is 0 Å². The van der Waals surface area contributed by atoms with Crippen molar-refractivity contribution in [3.63, 3.8) is 0 Å². The summed E-state index contributed by atoms with van der Waals surface area (Å²) in [7, 11) is 0. The molecule has 8 heteroatoms. The topological polar surface area (TPSA) is 98.6 Å². The summed E-state index contributed by atoms with van der Waals surface area (Å²) in [4.78, 5) is 2.58. The second kappa shape index (κ2) is 6.20. The Morgan fingerprint density at radius 1 is 1.14 bits per heavy atom. The van der Waals surface area contributed by atoms with Crippen molar-refractivity contribution in [2.75, 3.05) is 5.73 Å². The highest BCUT2D eigenvalue weighted by Crippen LogP contribution is 2.31. The quantitative estimate of drug-likeness (QED) is 0.846. The Morgan fingerprint density at radius 3 is 2.23 bits per heavy atom. The summed E-state index contributed by atoms with van der Waals surface area (Å²) in [5, 5.41) is 18.5. The molecule has 1 aromatic heterocycles. The van der Waals surface area contributed by atoms with E-state index in [-0.39, 0.29) is 32.9 Å². The van der Waals surface area contributed by atoms with Gasteiger partial charge in [0.1, 0.15) is 33.9 Å². The van der Waals surface area contributed by atoms with E-state index < -0.39 is 6.61 Å². The second-order valence-corrected chi connectivity index (χ2v) is 4.53. The minimum absolute atomic E-state index is 0.0365. The SMILES string of the molecule is N#Cc1c(N)[nH]c(=S)c(C#N)c1-c1ccc(OC(F)F)cc1. The molecule has 0 aliphatic carbocycles. The number of ether oxygens (including phenoxy) is 1. The van der Waals surface area contributed by atoms with Crippen LogP contribution in [0, 0.1) is 27.3 Å². The van der Waals surface area contributed by atoms with E-state index in [1.807, 2.05) is 12.1 Å². The molecule has 1 aromatic carbocycles. The number of nitriles is 2. The minimum Gasteiger partial charge on any atom is -0.435 e. The first kappa shape index (κ1) is 15.4. The molecule has 0 aliphatic heterocycles. The highest BCUT2D eigenvalue weighted by molar-refractivity contribution is 7.71. The Hall–Kier alpha value is -2.97. The van der Waals surface area contributed by atoms with Crippen LogP contribution < -0.4 is 10.5 Å². The molecule has 0 aliphatic rings. The van der Waals surface area contributed by atoms with Gasteiger partial charge >= 0.3 is 6.61 Å². The number of hydrogen-bond donors (Lipinski definition) is 2. The lowest BCUT2D eigenvalue weighted by molar-refractivity contribution is -0.0498. The van der Waals surface area contributed by atoms with Crippen molar-refractivity contribution < 1.29 is 13.5 Å². The molecule has 0 unspecified atom stereocenters. The number of nitrogens with one attached hydrogen (secondary N) is 1. The molecule has 0 saturated heterocycles. The van der Waals surface area contributed by atoms with Crippen LogP contribution in [0.25, 0.3) is 11.1 Å². The van der Waals surface area contributed by atoms with Crippen molar-refractivity contribution in [2.45, 2.75) is 6.61 Å². The first-order valence-electron chi connectivity index (χ1n) is 5.89. The summed E-state index contributed by atoms with van der Waals surface area (Å²) in [5.74, 6) is -0.000709. The lowest BCUT2D eigenvalue weighted by Crippen LogP contribution is -2.03. The number of anilines is 1. The van der Waals surface area contributed by atoms with Gasteiger partial charge < -0.3 is 15.5 Å². The third-order valence-electron chi connectivity index (χ3n) is 2.84. The van der Waals surface area contributed by atoms with E-state index in [4.69, 9.17) is 18.0 Å². The van der Waals surface area contributed by atoms with Crippen molar-refractivity contribution in [2.24, 2.45) is 0 Å². The third-order valence-corrected chi connectivity index (χ3v) is 3.14. The highest BCUT2D eigenvalue weighted by atomic mass is 32.1. The predicted octanol–water partition coefficient (Wildman–Crippen LogP) is 3.34. The van der Waals surface area contributed by atoms with Crippen LogP contribution in [0.4, 0.5) is 14.6 Å². The van der Waals surface area contributed by atoms with Crippen LogP contribution in [0.1, 0.15) is 11.1 Å². The number of hydrogen-bond acceptors (Lipinski definition) is 5. The molecule has 110 valence electrons. The molecule has 0 bridgehead atoms. The minimum atomic E-state index is -2.93. The molecule has 0 saturated carbocycles. The van der Waals surface area contributed by atoms with Gasteiger partial charge in [0.25, 0.3) is 0 Å². The van der Waals surface area contributed by atoms with Gasteiger partial charge in [-0.1, -0.05) is 24.4 Å². The van der Waals surface area contributed by atoms with Crippen molar-refractivity contribution >= 4 is 18.0 Å². The van der Waals surface area contributed by atoms with Crippen LogP contribution in [-0.2, 0) is 0 Å². The Balaban J connectivity index is 2.65. The van der Waals surface area contributed by atoms with Gasteiger partial charge in [0.2, 0.25) is 0 Å². The molecule has 0 fully saturated rings. The van der Waals surface area contributed by atoms with Crippen molar-refractivity contribution in [3.8, 4) is 29.0 Å². The number of alkyl halides is 2. The Morgan fingerprint density at radius 2 is 1.73 bits per heavy atom. The van der Waals surface area contributed by atoms with Gasteiger partial charge in [-0.25, -0.2) is 0 Å². The van der Waals surface area contributed by atoms with E-state index >= 15 is 0 Å². The van der Waals surface area contributed by atoms with Crippen LogP contribution in [0.2, 0.25) is 0 Å². The fraction of sp³-hybridized carbons (Fsp3) is 0.0714. The van der Waals surface area contributed by atoms with Gasteiger partial charge in [0, 0.05) is 5.56 Å². The second-order valence-electron chi connectivity index (χ2n) is 4.12. The molecule has 1 heterocycles.